The maximum atomic E-state index is 6.58. The van der Waals surface area contributed by atoms with Gasteiger partial charge in [0.05, 0.1) is 27.5 Å². The van der Waals surface area contributed by atoms with Gasteiger partial charge in [0.2, 0.25) is 0 Å². The molecule has 0 aliphatic carbocycles. The molecule has 0 amide bonds. The lowest BCUT2D eigenvalue weighted by Crippen LogP contribution is -1.95. The second-order valence-corrected chi connectivity index (χ2v) is 10.1. The van der Waals surface area contributed by atoms with Gasteiger partial charge >= 0.3 is 0 Å². The molecule has 6 aromatic carbocycles. The van der Waals surface area contributed by atoms with Crippen molar-refractivity contribution in [3.63, 3.8) is 0 Å². The summed E-state index contributed by atoms with van der Waals surface area (Å²) in [6.07, 6.45) is 0. The van der Waals surface area contributed by atoms with Crippen molar-refractivity contribution in [1.29, 1.82) is 0 Å². The minimum atomic E-state index is 0.919. The number of benzene rings is 6. The maximum Gasteiger partial charge on any atom is 0.145 e. The first-order chi connectivity index (χ1) is 19.4. The van der Waals surface area contributed by atoms with Crippen LogP contribution >= 0.6 is 0 Å². The van der Waals surface area contributed by atoms with E-state index in [2.05, 4.69) is 137 Å². The van der Waals surface area contributed by atoms with E-state index in [0.29, 0.717) is 0 Å². The largest absolute Gasteiger partial charge is 0.455 e. The van der Waals surface area contributed by atoms with E-state index in [1.54, 1.807) is 0 Å². The molecule has 0 aliphatic heterocycles. The molecule has 9 aromatic rings. The first-order valence-corrected chi connectivity index (χ1v) is 13.3. The van der Waals surface area contributed by atoms with Crippen molar-refractivity contribution >= 4 is 65.6 Å². The van der Waals surface area contributed by atoms with Gasteiger partial charge in [-0.1, -0.05) is 72.8 Å². The summed E-state index contributed by atoms with van der Waals surface area (Å²) in [7, 11) is 0. The number of furan rings is 1. The molecule has 3 heterocycles. The quantitative estimate of drug-likeness (QED) is 0.233. The minimum absolute atomic E-state index is 0.919. The average molecular weight is 499 g/mol. The zero-order valence-electron chi connectivity index (χ0n) is 21.0. The Hall–Kier alpha value is -5.28. The molecule has 0 saturated carbocycles. The summed E-state index contributed by atoms with van der Waals surface area (Å²) in [4.78, 5) is 0. The normalized spacial score (nSPS) is 12.1. The molecule has 0 spiro atoms. The molecule has 0 atom stereocenters. The van der Waals surface area contributed by atoms with E-state index in [1.165, 1.54) is 32.7 Å². The molecule has 0 unspecified atom stereocenters. The van der Waals surface area contributed by atoms with Gasteiger partial charge in [-0.05, 0) is 60.7 Å². The van der Waals surface area contributed by atoms with Gasteiger partial charge in [0.25, 0.3) is 0 Å². The molecule has 0 saturated heterocycles. The Labute approximate surface area is 223 Å². The van der Waals surface area contributed by atoms with Crippen LogP contribution in [0.3, 0.4) is 0 Å². The van der Waals surface area contributed by atoms with Gasteiger partial charge in [-0.25, -0.2) is 0 Å². The monoisotopic (exact) mass is 498 g/mol. The van der Waals surface area contributed by atoms with Crippen LogP contribution in [-0.2, 0) is 0 Å². The molecule has 9 rings (SSSR count). The number of hydrogen-bond donors (Lipinski definition) is 0. The number of nitrogens with zero attached hydrogens (tertiary/aromatic N) is 2. The molecule has 39 heavy (non-hydrogen) atoms. The second-order valence-electron chi connectivity index (χ2n) is 10.1. The lowest BCUT2D eigenvalue weighted by Gasteiger charge is -2.10. The fourth-order valence-corrected chi connectivity index (χ4v) is 6.52. The van der Waals surface area contributed by atoms with Crippen LogP contribution in [0.25, 0.3) is 76.9 Å². The first-order valence-electron chi connectivity index (χ1n) is 13.3. The highest BCUT2D eigenvalue weighted by Gasteiger charge is 2.23. The Bertz CT molecular complexity index is 2370. The van der Waals surface area contributed by atoms with E-state index in [9.17, 15) is 0 Å². The Morgan fingerprint density at radius 2 is 0.974 bits per heavy atom. The molecule has 0 fully saturated rings. The zero-order chi connectivity index (χ0) is 25.5. The standard InChI is InChI=1S/C36H22N2O/c1-3-11-23(12-4-1)37-29-17-9-7-16-27(29)33-30(37)22-20-28-34-31(38(35(28)33)24-13-5-2-6-14-24)21-19-26-25-15-8-10-18-32(25)39-36(26)34/h1-22H. The summed E-state index contributed by atoms with van der Waals surface area (Å²) in [6, 6.07) is 47.4. The highest BCUT2D eigenvalue weighted by Crippen LogP contribution is 2.45. The van der Waals surface area contributed by atoms with Crippen LogP contribution in [0.5, 0.6) is 0 Å². The number of fused-ring (bicyclic) bond motifs is 11. The van der Waals surface area contributed by atoms with Gasteiger partial charge in [-0.3, -0.25) is 0 Å². The van der Waals surface area contributed by atoms with Crippen molar-refractivity contribution in [2.75, 3.05) is 0 Å². The van der Waals surface area contributed by atoms with Crippen molar-refractivity contribution < 1.29 is 4.42 Å². The van der Waals surface area contributed by atoms with Crippen molar-refractivity contribution in [3.8, 4) is 11.4 Å². The number of rotatable bonds is 2. The summed E-state index contributed by atoms with van der Waals surface area (Å²) in [5.74, 6) is 0. The molecular weight excluding hydrogens is 476 g/mol. The van der Waals surface area contributed by atoms with E-state index in [0.717, 1.165) is 44.2 Å². The Morgan fingerprint density at radius 1 is 0.385 bits per heavy atom. The molecule has 3 aromatic heterocycles. The third-order valence-electron chi connectivity index (χ3n) is 8.10. The minimum Gasteiger partial charge on any atom is -0.455 e. The van der Waals surface area contributed by atoms with E-state index in [-0.39, 0.29) is 0 Å². The Kier molecular flexibility index (Phi) is 4.05. The lowest BCUT2D eigenvalue weighted by atomic mass is 10.1. The summed E-state index contributed by atoms with van der Waals surface area (Å²) >= 11 is 0. The van der Waals surface area contributed by atoms with Gasteiger partial charge < -0.3 is 13.6 Å². The number of aromatic nitrogens is 2. The van der Waals surface area contributed by atoms with Crippen molar-refractivity contribution in [1.82, 2.24) is 9.13 Å². The predicted molar refractivity (Wildman–Crippen MR) is 162 cm³/mol. The fraction of sp³-hybridized carbons (Fsp3) is 0. The van der Waals surface area contributed by atoms with E-state index in [1.807, 2.05) is 6.07 Å². The molecule has 0 aliphatic rings. The summed E-state index contributed by atoms with van der Waals surface area (Å²) in [5.41, 5.74) is 8.89. The van der Waals surface area contributed by atoms with Crippen LogP contribution in [0.1, 0.15) is 0 Å². The van der Waals surface area contributed by atoms with E-state index < -0.39 is 0 Å². The Morgan fingerprint density at radius 3 is 1.74 bits per heavy atom. The van der Waals surface area contributed by atoms with Crippen LogP contribution in [0.15, 0.2) is 138 Å². The van der Waals surface area contributed by atoms with Gasteiger partial charge in [0.15, 0.2) is 0 Å². The maximum absolute atomic E-state index is 6.58. The zero-order valence-corrected chi connectivity index (χ0v) is 21.0. The molecular formula is C36H22N2O. The number of hydrogen-bond acceptors (Lipinski definition) is 1. The van der Waals surface area contributed by atoms with Crippen LogP contribution in [0, 0.1) is 0 Å². The van der Waals surface area contributed by atoms with Gasteiger partial charge in [-0.2, -0.15) is 0 Å². The van der Waals surface area contributed by atoms with Crippen molar-refractivity contribution in [3.05, 3.63) is 133 Å². The molecule has 3 nitrogen and oxygen atoms in total. The molecule has 0 radical (unpaired) electrons. The molecule has 182 valence electrons. The van der Waals surface area contributed by atoms with E-state index in [4.69, 9.17) is 4.42 Å². The van der Waals surface area contributed by atoms with Crippen molar-refractivity contribution in [2.24, 2.45) is 0 Å². The van der Waals surface area contributed by atoms with Crippen LogP contribution in [0.2, 0.25) is 0 Å². The van der Waals surface area contributed by atoms with Crippen LogP contribution in [-0.4, -0.2) is 9.13 Å². The number of para-hydroxylation sites is 4. The van der Waals surface area contributed by atoms with E-state index >= 15 is 0 Å². The topological polar surface area (TPSA) is 23.0 Å². The van der Waals surface area contributed by atoms with Gasteiger partial charge in [-0.15, -0.1) is 0 Å². The highest BCUT2D eigenvalue weighted by atomic mass is 16.3. The lowest BCUT2D eigenvalue weighted by molar-refractivity contribution is 0.673. The fourth-order valence-electron chi connectivity index (χ4n) is 6.52. The summed E-state index contributed by atoms with van der Waals surface area (Å²) < 4.78 is 11.4. The van der Waals surface area contributed by atoms with Crippen LogP contribution in [0.4, 0.5) is 0 Å². The van der Waals surface area contributed by atoms with Gasteiger partial charge in [0.1, 0.15) is 11.2 Å². The Balaban J connectivity index is 1.57. The average Bonchev–Trinajstić information content (AvgIpc) is 3.65. The molecule has 3 heteroatoms. The molecule has 0 N–H and O–H groups in total. The molecule has 0 bridgehead atoms. The SMILES string of the molecule is c1ccc(-n2c3ccccc3c3c2ccc2c4c5oc6ccccc6c5ccc4n(-c4ccccc4)c23)cc1. The second kappa shape index (κ2) is 7.62. The predicted octanol–water partition coefficient (Wildman–Crippen LogP) is 9.78. The summed E-state index contributed by atoms with van der Waals surface area (Å²) in [5, 5.41) is 7.14. The summed E-state index contributed by atoms with van der Waals surface area (Å²) in [6.45, 7) is 0. The van der Waals surface area contributed by atoms with Crippen LogP contribution < -0.4 is 0 Å². The van der Waals surface area contributed by atoms with Crippen molar-refractivity contribution in [2.45, 2.75) is 0 Å². The first kappa shape index (κ1) is 20.7. The smallest absolute Gasteiger partial charge is 0.145 e. The van der Waals surface area contributed by atoms with Gasteiger partial charge in [0, 0.05) is 38.3 Å². The highest BCUT2D eigenvalue weighted by molar-refractivity contribution is 6.30. The third-order valence-corrected chi connectivity index (χ3v) is 8.10. The third kappa shape index (κ3) is 2.71.